The number of rotatable bonds is 9. The molecule has 1 aromatic rings. The number of aryl methyl sites for hydroxylation is 1. The van der Waals surface area contributed by atoms with Gasteiger partial charge >= 0.3 is 12.1 Å². The quantitative estimate of drug-likeness (QED) is 0.313. The third-order valence-corrected chi connectivity index (χ3v) is 6.51. The van der Waals surface area contributed by atoms with Crippen LogP contribution in [0.4, 0.5) is 10.5 Å². The van der Waals surface area contributed by atoms with E-state index in [1.165, 1.54) is 6.34 Å². The standard InChI is InChI=1S/C26H32N6O7/c1-4-9-27-24(35)17-6-5-15(2)20(10-17)32(26(37)39-14-38-21(34)12-33)23-22-16(3)19(11-31(22)29-13-28-23)25(36)30-18-7-8-18/h5-6,10,13,18-19,33H,4,7-9,11-12,14H2,1-3H3,(H,27,35)(H,30,36). The van der Waals surface area contributed by atoms with E-state index in [0.717, 1.165) is 24.2 Å². The second kappa shape index (κ2) is 12.1. The lowest BCUT2D eigenvalue weighted by atomic mass is 10.0. The first-order valence-electron chi connectivity index (χ1n) is 12.8. The maximum absolute atomic E-state index is 13.5. The first-order chi connectivity index (χ1) is 18.7. The summed E-state index contributed by atoms with van der Waals surface area (Å²) in [5.74, 6) is -1.77. The predicted octanol–water partition coefficient (Wildman–Crippen LogP) is 1.41. The van der Waals surface area contributed by atoms with Crippen LogP contribution >= 0.6 is 0 Å². The van der Waals surface area contributed by atoms with E-state index < -0.39 is 31.4 Å². The molecule has 1 aliphatic carbocycles. The molecule has 0 saturated heterocycles. The van der Waals surface area contributed by atoms with Crippen LogP contribution in [-0.2, 0) is 19.1 Å². The number of aliphatic hydroxyl groups excluding tert-OH is 1. The summed E-state index contributed by atoms with van der Waals surface area (Å²) in [6, 6.07) is 5.06. The highest BCUT2D eigenvalue weighted by atomic mass is 16.7. The molecule has 3 amide bonds. The number of fused-ring (bicyclic) bond motifs is 1. The van der Waals surface area contributed by atoms with Crippen LogP contribution in [0.25, 0.3) is 0 Å². The number of aliphatic hydroxyl groups is 1. The number of nitrogens with zero attached hydrogens (tertiary/aromatic N) is 4. The minimum Gasteiger partial charge on any atom is -0.426 e. The number of amides is 3. The Morgan fingerprint density at radius 2 is 1.95 bits per heavy atom. The Morgan fingerprint density at radius 3 is 2.64 bits per heavy atom. The lowest BCUT2D eigenvalue weighted by molar-refractivity contribution is -0.154. The third-order valence-electron chi connectivity index (χ3n) is 6.51. The molecule has 0 aromatic heterocycles. The number of hydrogen-bond donors (Lipinski definition) is 3. The van der Waals surface area contributed by atoms with Crippen molar-refractivity contribution in [1.29, 1.82) is 0 Å². The maximum atomic E-state index is 13.5. The molecule has 3 aliphatic rings. The zero-order valence-electron chi connectivity index (χ0n) is 22.1. The Bertz CT molecular complexity index is 1250. The second-order valence-electron chi connectivity index (χ2n) is 9.43. The van der Waals surface area contributed by atoms with Gasteiger partial charge in [0, 0.05) is 18.2 Å². The maximum Gasteiger partial charge on any atom is 0.423 e. The van der Waals surface area contributed by atoms with Gasteiger partial charge in [-0.05, 0) is 56.4 Å². The van der Waals surface area contributed by atoms with Crippen molar-refractivity contribution in [1.82, 2.24) is 15.6 Å². The number of amidine groups is 1. The van der Waals surface area contributed by atoms with Crippen LogP contribution in [0.15, 0.2) is 39.6 Å². The number of anilines is 1. The highest BCUT2D eigenvalue weighted by Crippen LogP contribution is 2.35. The number of aliphatic imine (C=N–C) groups is 1. The van der Waals surface area contributed by atoms with Gasteiger partial charge in [-0.1, -0.05) is 13.0 Å². The first-order valence-corrected chi connectivity index (χ1v) is 12.8. The molecule has 0 bridgehead atoms. The Balaban J connectivity index is 1.72. The Hall–Kier alpha value is -4.26. The van der Waals surface area contributed by atoms with Gasteiger partial charge in [0.1, 0.15) is 18.6 Å². The number of nitrogens with one attached hydrogen (secondary N) is 2. The molecule has 2 aliphatic heterocycles. The molecule has 2 heterocycles. The van der Waals surface area contributed by atoms with Crippen LogP contribution in [0.3, 0.4) is 0 Å². The third kappa shape index (κ3) is 6.25. The zero-order chi connectivity index (χ0) is 28.1. The first kappa shape index (κ1) is 27.8. The smallest absolute Gasteiger partial charge is 0.423 e. The van der Waals surface area contributed by atoms with Crippen molar-refractivity contribution < 1.29 is 33.8 Å². The number of esters is 1. The van der Waals surface area contributed by atoms with Crippen LogP contribution in [0.1, 0.15) is 49.0 Å². The molecule has 1 atom stereocenters. The molecule has 1 aromatic carbocycles. The molecule has 1 fully saturated rings. The monoisotopic (exact) mass is 540 g/mol. The SMILES string of the molecule is CCCNC(=O)c1ccc(C)c(N(C(=O)OCOC(=O)CO)C2=NC=NN3CC(C(=O)NC4CC4)C(C)=C23)c1. The van der Waals surface area contributed by atoms with Gasteiger partial charge < -0.3 is 25.2 Å². The molecule has 208 valence electrons. The fraction of sp³-hybridized carbons (Fsp3) is 0.462. The molecule has 1 saturated carbocycles. The molecule has 0 radical (unpaired) electrons. The summed E-state index contributed by atoms with van der Waals surface area (Å²) in [6.45, 7) is 4.61. The zero-order valence-corrected chi connectivity index (χ0v) is 22.1. The van der Waals surface area contributed by atoms with E-state index in [-0.39, 0.29) is 30.2 Å². The summed E-state index contributed by atoms with van der Waals surface area (Å²) < 4.78 is 9.92. The van der Waals surface area contributed by atoms with Crippen molar-refractivity contribution in [3.63, 3.8) is 0 Å². The minimum atomic E-state index is -0.965. The Morgan fingerprint density at radius 1 is 1.18 bits per heavy atom. The van der Waals surface area contributed by atoms with E-state index in [4.69, 9.17) is 14.6 Å². The van der Waals surface area contributed by atoms with Gasteiger partial charge in [0.15, 0.2) is 5.84 Å². The van der Waals surface area contributed by atoms with E-state index in [0.29, 0.717) is 34.6 Å². The van der Waals surface area contributed by atoms with Crippen molar-refractivity contribution >= 4 is 41.7 Å². The van der Waals surface area contributed by atoms with Crippen LogP contribution in [0.2, 0.25) is 0 Å². The van der Waals surface area contributed by atoms with Gasteiger partial charge in [0.25, 0.3) is 5.91 Å². The lowest BCUT2D eigenvalue weighted by Gasteiger charge is -2.30. The van der Waals surface area contributed by atoms with E-state index in [9.17, 15) is 19.2 Å². The number of carbonyl (C=O) groups is 4. The normalized spacial score (nSPS) is 17.8. The van der Waals surface area contributed by atoms with Crippen LogP contribution in [-0.4, -0.2) is 78.7 Å². The summed E-state index contributed by atoms with van der Waals surface area (Å²) >= 11 is 0. The fourth-order valence-corrected chi connectivity index (χ4v) is 4.23. The van der Waals surface area contributed by atoms with Gasteiger partial charge in [-0.2, -0.15) is 5.10 Å². The van der Waals surface area contributed by atoms with Gasteiger partial charge in [-0.15, -0.1) is 0 Å². The van der Waals surface area contributed by atoms with Gasteiger partial charge in [0.2, 0.25) is 12.7 Å². The topological polar surface area (TPSA) is 162 Å². The van der Waals surface area contributed by atoms with Crippen LogP contribution < -0.4 is 15.5 Å². The number of benzene rings is 1. The molecule has 39 heavy (non-hydrogen) atoms. The molecule has 13 nitrogen and oxygen atoms in total. The van der Waals surface area contributed by atoms with E-state index in [2.05, 4.69) is 20.7 Å². The van der Waals surface area contributed by atoms with Crippen LogP contribution in [0, 0.1) is 12.8 Å². The summed E-state index contributed by atoms with van der Waals surface area (Å²) in [5.41, 5.74) is 2.37. The van der Waals surface area contributed by atoms with Crippen molar-refractivity contribution in [3.8, 4) is 0 Å². The van der Waals surface area contributed by atoms with Crippen LogP contribution in [0.5, 0.6) is 0 Å². The average molecular weight is 541 g/mol. The molecule has 13 heteroatoms. The number of hydrogen-bond acceptors (Lipinski definition) is 10. The van der Waals surface area contributed by atoms with Crippen molar-refractivity contribution in [2.24, 2.45) is 16.0 Å². The average Bonchev–Trinajstić information content (AvgIpc) is 3.68. The number of ether oxygens (including phenoxy) is 2. The molecule has 4 rings (SSSR count). The van der Waals surface area contributed by atoms with Gasteiger partial charge in [-0.3, -0.25) is 14.6 Å². The largest absolute Gasteiger partial charge is 0.426 e. The number of hydrazone groups is 1. The molecule has 1 unspecified atom stereocenters. The number of carbonyl (C=O) groups excluding carboxylic acids is 4. The fourth-order valence-electron chi connectivity index (χ4n) is 4.23. The highest BCUT2D eigenvalue weighted by Gasteiger charge is 2.42. The molecular formula is C26H32N6O7. The predicted molar refractivity (Wildman–Crippen MR) is 141 cm³/mol. The summed E-state index contributed by atoms with van der Waals surface area (Å²) in [5, 5.41) is 20.6. The van der Waals surface area contributed by atoms with Crippen molar-refractivity contribution in [3.05, 3.63) is 40.6 Å². The highest BCUT2D eigenvalue weighted by molar-refractivity contribution is 6.24. The minimum absolute atomic E-state index is 0.123. The molecule has 0 spiro atoms. The molecule has 3 N–H and O–H groups in total. The van der Waals surface area contributed by atoms with Crippen molar-refractivity contribution in [2.45, 2.75) is 46.1 Å². The Kier molecular flexibility index (Phi) is 8.59. The van der Waals surface area contributed by atoms with E-state index in [1.54, 1.807) is 37.1 Å². The second-order valence-corrected chi connectivity index (χ2v) is 9.43. The lowest BCUT2D eigenvalue weighted by Crippen LogP contribution is -2.43. The summed E-state index contributed by atoms with van der Waals surface area (Å²) in [4.78, 5) is 56.0. The van der Waals surface area contributed by atoms with E-state index >= 15 is 0 Å². The Labute approximate surface area is 225 Å². The summed E-state index contributed by atoms with van der Waals surface area (Å²) in [7, 11) is 0. The summed E-state index contributed by atoms with van der Waals surface area (Å²) in [6.07, 6.45) is 2.97. The van der Waals surface area contributed by atoms with Crippen molar-refractivity contribution in [2.75, 3.05) is 31.4 Å². The van der Waals surface area contributed by atoms with Gasteiger partial charge in [0.05, 0.1) is 18.2 Å². The molecular weight excluding hydrogens is 508 g/mol. The van der Waals surface area contributed by atoms with Gasteiger partial charge in [-0.25, -0.2) is 19.5 Å². The van der Waals surface area contributed by atoms with E-state index in [1.807, 2.05) is 6.92 Å².